The van der Waals surface area contributed by atoms with Gasteiger partial charge in [-0.1, -0.05) is 129 Å². The van der Waals surface area contributed by atoms with Gasteiger partial charge in [-0.05, 0) is 69.8 Å². The molecule has 0 spiro atoms. The number of para-hydroxylation sites is 1. The molecule has 0 saturated carbocycles. The number of aliphatic imine (C=N–C) groups is 1. The number of fused-ring (bicyclic) bond motifs is 7. The monoisotopic (exact) mass is 591 g/mol. The van der Waals surface area contributed by atoms with E-state index in [1.807, 2.05) is 0 Å². The number of amidine groups is 1. The van der Waals surface area contributed by atoms with Crippen molar-refractivity contribution in [3.8, 4) is 16.8 Å². The van der Waals surface area contributed by atoms with E-state index in [1.165, 1.54) is 49.6 Å². The summed E-state index contributed by atoms with van der Waals surface area (Å²) in [6.45, 7) is 4.74. The zero-order chi connectivity index (χ0) is 30.8. The Hall–Kier alpha value is -5.67. The molecule has 1 unspecified atom stereocenters. The highest BCUT2D eigenvalue weighted by atomic mass is 15.0. The maximum atomic E-state index is 5.20. The SMILES string of the molecule is CC1(C)c2ccccc2-c2ccc3c4ccccc4n(-c4ccc(C5=NC(c6ccccc6)C=C(c6ccccc6)N5)cc4)c3c21. The summed E-state index contributed by atoms with van der Waals surface area (Å²) in [6, 6.07) is 52.2. The molecule has 9 rings (SSSR count). The summed E-state index contributed by atoms with van der Waals surface area (Å²) in [5, 5.41) is 6.23. The van der Waals surface area contributed by atoms with Crippen LogP contribution >= 0.6 is 0 Å². The van der Waals surface area contributed by atoms with Gasteiger partial charge in [0, 0.05) is 33.1 Å². The lowest BCUT2D eigenvalue weighted by molar-refractivity contribution is 0.664. The first kappa shape index (κ1) is 26.7. The molecule has 1 N–H and O–H groups in total. The lowest BCUT2D eigenvalue weighted by Crippen LogP contribution is -2.27. The molecule has 0 fully saturated rings. The number of rotatable bonds is 4. The number of hydrogen-bond acceptors (Lipinski definition) is 2. The molecule has 46 heavy (non-hydrogen) atoms. The van der Waals surface area contributed by atoms with Crippen molar-refractivity contribution in [1.29, 1.82) is 0 Å². The fourth-order valence-electron chi connectivity index (χ4n) is 7.64. The van der Waals surface area contributed by atoms with Crippen LogP contribution in [0.1, 0.15) is 47.7 Å². The van der Waals surface area contributed by atoms with Crippen molar-refractivity contribution in [2.75, 3.05) is 0 Å². The third kappa shape index (κ3) is 4.02. The molecular formula is C43H33N3. The van der Waals surface area contributed by atoms with Gasteiger partial charge < -0.3 is 9.88 Å². The predicted molar refractivity (Wildman–Crippen MR) is 192 cm³/mol. The van der Waals surface area contributed by atoms with Gasteiger partial charge in [-0.25, -0.2) is 0 Å². The van der Waals surface area contributed by atoms with E-state index in [4.69, 9.17) is 4.99 Å². The molecule has 6 aromatic carbocycles. The van der Waals surface area contributed by atoms with Crippen LogP contribution in [0.15, 0.2) is 157 Å². The predicted octanol–water partition coefficient (Wildman–Crippen LogP) is 10.2. The van der Waals surface area contributed by atoms with Crippen LogP contribution in [0.3, 0.4) is 0 Å². The minimum Gasteiger partial charge on any atom is -0.340 e. The second-order valence-electron chi connectivity index (χ2n) is 12.9. The lowest BCUT2D eigenvalue weighted by Gasteiger charge is -2.24. The van der Waals surface area contributed by atoms with E-state index in [1.54, 1.807) is 0 Å². The molecule has 0 bridgehead atoms. The van der Waals surface area contributed by atoms with Gasteiger partial charge in [-0.15, -0.1) is 0 Å². The van der Waals surface area contributed by atoms with Crippen molar-refractivity contribution in [3.63, 3.8) is 0 Å². The fraction of sp³-hybridized carbons (Fsp3) is 0.0930. The van der Waals surface area contributed by atoms with E-state index in [0.717, 1.165) is 28.3 Å². The molecule has 2 heterocycles. The molecule has 0 saturated heterocycles. The first-order valence-electron chi connectivity index (χ1n) is 16.0. The normalized spacial score (nSPS) is 16.4. The van der Waals surface area contributed by atoms with Crippen molar-refractivity contribution in [2.45, 2.75) is 25.3 Å². The van der Waals surface area contributed by atoms with Crippen molar-refractivity contribution in [3.05, 3.63) is 179 Å². The minimum absolute atomic E-state index is 0.0730. The number of hydrogen-bond donors (Lipinski definition) is 1. The van der Waals surface area contributed by atoms with Crippen LogP contribution in [0.25, 0.3) is 44.3 Å². The standard InChI is InChI=1S/C43H33N3/c1-43(2)36-19-11-9-17-32(36)34-25-26-35-33-18-10-12-20-39(33)46(41(35)40(34)43)31-23-21-30(22-24-31)42-44-37(28-13-5-3-6-14-28)27-38(45-42)29-15-7-4-8-16-29/h3-27,37H,1-2H3,(H,44,45). The fourth-order valence-corrected chi connectivity index (χ4v) is 7.64. The number of benzene rings is 6. The topological polar surface area (TPSA) is 29.3 Å². The van der Waals surface area contributed by atoms with Gasteiger partial charge in [0.1, 0.15) is 5.84 Å². The highest BCUT2D eigenvalue weighted by molar-refractivity contribution is 6.13. The molecule has 1 aromatic heterocycles. The summed E-state index contributed by atoms with van der Waals surface area (Å²) in [5.41, 5.74) is 13.5. The van der Waals surface area contributed by atoms with Crippen LogP contribution in [0, 0.1) is 0 Å². The van der Waals surface area contributed by atoms with Gasteiger partial charge >= 0.3 is 0 Å². The Kier molecular flexibility index (Phi) is 5.91. The molecular weight excluding hydrogens is 558 g/mol. The molecule has 3 nitrogen and oxygen atoms in total. The average molecular weight is 592 g/mol. The van der Waals surface area contributed by atoms with E-state index in [9.17, 15) is 0 Å². The quantitative estimate of drug-likeness (QED) is 0.217. The molecule has 220 valence electrons. The second kappa shape index (κ2) is 10.2. The maximum absolute atomic E-state index is 5.20. The van der Waals surface area contributed by atoms with Crippen molar-refractivity contribution < 1.29 is 0 Å². The van der Waals surface area contributed by atoms with Crippen LogP contribution in [-0.4, -0.2) is 10.4 Å². The van der Waals surface area contributed by atoms with Gasteiger partial charge in [0.2, 0.25) is 0 Å². The summed E-state index contributed by atoms with van der Waals surface area (Å²) >= 11 is 0. The summed E-state index contributed by atoms with van der Waals surface area (Å²) in [6.07, 6.45) is 2.22. The van der Waals surface area contributed by atoms with E-state index < -0.39 is 0 Å². The minimum atomic E-state index is -0.120. The third-order valence-electron chi connectivity index (χ3n) is 9.82. The summed E-state index contributed by atoms with van der Waals surface area (Å²) in [7, 11) is 0. The molecule has 0 amide bonds. The van der Waals surface area contributed by atoms with Crippen molar-refractivity contribution in [2.24, 2.45) is 4.99 Å². The Morgan fingerprint density at radius 3 is 2.11 bits per heavy atom. The molecule has 0 radical (unpaired) electrons. The van der Waals surface area contributed by atoms with Crippen molar-refractivity contribution >= 4 is 33.3 Å². The van der Waals surface area contributed by atoms with Crippen LogP contribution < -0.4 is 5.32 Å². The van der Waals surface area contributed by atoms with Gasteiger partial charge in [0.05, 0.1) is 17.1 Å². The molecule has 7 aromatic rings. The Balaban J connectivity index is 1.19. The van der Waals surface area contributed by atoms with Gasteiger partial charge in [-0.2, -0.15) is 0 Å². The zero-order valence-corrected chi connectivity index (χ0v) is 25.9. The van der Waals surface area contributed by atoms with Crippen LogP contribution in [0.5, 0.6) is 0 Å². The number of nitrogens with zero attached hydrogens (tertiary/aromatic N) is 2. The number of nitrogens with one attached hydrogen (secondary N) is 1. The largest absolute Gasteiger partial charge is 0.340 e. The Morgan fingerprint density at radius 1 is 0.609 bits per heavy atom. The Labute approximate surface area is 269 Å². The first-order valence-corrected chi connectivity index (χ1v) is 16.0. The van der Waals surface area contributed by atoms with E-state index >= 15 is 0 Å². The van der Waals surface area contributed by atoms with Gasteiger partial charge in [0.15, 0.2) is 0 Å². The average Bonchev–Trinajstić information content (AvgIpc) is 3.57. The van der Waals surface area contributed by atoms with Crippen LogP contribution in [-0.2, 0) is 5.41 Å². The Morgan fingerprint density at radius 2 is 1.30 bits per heavy atom. The summed E-state index contributed by atoms with van der Waals surface area (Å²) in [4.78, 5) is 5.20. The highest BCUT2D eigenvalue weighted by Crippen LogP contribution is 2.52. The second-order valence-corrected chi connectivity index (χ2v) is 12.9. The maximum Gasteiger partial charge on any atom is 0.133 e. The van der Waals surface area contributed by atoms with E-state index in [-0.39, 0.29) is 11.5 Å². The molecule has 2 aliphatic rings. The first-order chi connectivity index (χ1) is 22.6. The third-order valence-corrected chi connectivity index (χ3v) is 9.82. The number of aromatic nitrogens is 1. The van der Waals surface area contributed by atoms with Gasteiger partial charge in [-0.3, -0.25) is 4.99 Å². The zero-order valence-electron chi connectivity index (χ0n) is 25.9. The highest BCUT2D eigenvalue weighted by Gasteiger charge is 2.38. The van der Waals surface area contributed by atoms with E-state index in [0.29, 0.717) is 0 Å². The molecule has 3 heteroatoms. The van der Waals surface area contributed by atoms with Crippen molar-refractivity contribution in [1.82, 2.24) is 9.88 Å². The van der Waals surface area contributed by atoms with Crippen LogP contribution in [0.4, 0.5) is 0 Å². The smallest absolute Gasteiger partial charge is 0.133 e. The van der Waals surface area contributed by atoms with Gasteiger partial charge in [0.25, 0.3) is 0 Å². The summed E-state index contributed by atoms with van der Waals surface area (Å²) < 4.78 is 2.47. The summed E-state index contributed by atoms with van der Waals surface area (Å²) in [5.74, 6) is 0.876. The molecule has 1 aliphatic heterocycles. The molecule has 1 aliphatic carbocycles. The van der Waals surface area contributed by atoms with Crippen LogP contribution in [0.2, 0.25) is 0 Å². The lowest BCUT2D eigenvalue weighted by atomic mass is 9.81. The Bertz CT molecular complexity index is 2340. The van der Waals surface area contributed by atoms with E-state index in [2.05, 4.69) is 175 Å². The molecule has 1 atom stereocenters.